The Morgan fingerprint density at radius 3 is 2.48 bits per heavy atom. The minimum Gasteiger partial charge on any atom is -0.384 e. The molecule has 21 heavy (non-hydrogen) atoms. The van der Waals surface area contributed by atoms with Crippen molar-refractivity contribution in [3.8, 4) is 0 Å². The van der Waals surface area contributed by atoms with Gasteiger partial charge < -0.3 is 10.6 Å². The number of benzene rings is 1. The number of nitrogens with two attached hydrogens (primary N) is 1. The van der Waals surface area contributed by atoms with E-state index in [1.54, 1.807) is 0 Å². The number of hydrogen-bond acceptors (Lipinski definition) is 3. The van der Waals surface area contributed by atoms with E-state index in [-0.39, 0.29) is 5.84 Å². The summed E-state index contributed by atoms with van der Waals surface area (Å²) < 4.78 is 2.05. The Morgan fingerprint density at radius 1 is 1.29 bits per heavy atom. The van der Waals surface area contributed by atoms with Gasteiger partial charge in [-0.05, 0) is 43.7 Å². The van der Waals surface area contributed by atoms with Gasteiger partial charge in [0.15, 0.2) is 0 Å². The van der Waals surface area contributed by atoms with Crippen LogP contribution in [0.5, 0.6) is 0 Å². The van der Waals surface area contributed by atoms with Crippen molar-refractivity contribution in [2.75, 3.05) is 11.9 Å². The highest BCUT2D eigenvalue weighted by atomic mass is 15.3. The van der Waals surface area contributed by atoms with E-state index in [4.69, 9.17) is 11.1 Å². The van der Waals surface area contributed by atoms with E-state index in [9.17, 15) is 0 Å². The Bertz CT molecular complexity index is 612. The average molecular weight is 285 g/mol. The van der Waals surface area contributed by atoms with Gasteiger partial charge in [-0.2, -0.15) is 5.10 Å². The van der Waals surface area contributed by atoms with E-state index in [2.05, 4.69) is 41.6 Å². The number of rotatable bonds is 6. The fourth-order valence-corrected chi connectivity index (χ4v) is 2.32. The van der Waals surface area contributed by atoms with Gasteiger partial charge in [0.1, 0.15) is 5.84 Å². The van der Waals surface area contributed by atoms with Gasteiger partial charge in [0.2, 0.25) is 0 Å². The van der Waals surface area contributed by atoms with Crippen molar-refractivity contribution in [2.45, 2.75) is 33.4 Å². The van der Waals surface area contributed by atoms with E-state index in [0.29, 0.717) is 0 Å². The molecule has 0 bridgehead atoms. The van der Waals surface area contributed by atoms with Gasteiger partial charge in [0, 0.05) is 24.8 Å². The van der Waals surface area contributed by atoms with Crippen molar-refractivity contribution in [3.05, 3.63) is 47.3 Å². The van der Waals surface area contributed by atoms with E-state index in [1.165, 1.54) is 5.69 Å². The summed E-state index contributed by atoms with van der Waals surface area (Å²) in [5, 5.41) is 12.0. The molecule has 0 radical (unpaired) electrons. The zero-order valence-electron chi connectivity index (χ0n) is 12.9. The van der Waals surface area contributed by atoms with E-state index in [0.717, 1.165) is 36.5 Å². The van der Waals surface area contributed by atoms with E-state index < -0.39 is 0 Å². The number of anilines is 1. The zero-order chi connectivity index (χ0) is 15.4. The standard InChI is InChI=1S/C16H23N5/c1-4-13-10-15(21(5-2)19-13)11-20(3)14-8-6-12(7-9-14)16(17)18/h6-10H,4-5,11H2,1-3H3,(H3,17,18). The molecule has 2 aromatic rings. The molecule has 0 aliphatic carbocycles. The Labute approximate surface area is 125 Å². The Morgan fingerprint density at radius 2 is 1.95 bits per heavy atom. The molecule has 0 saturated heterocycles. The molecule has 5 heteroatoms. The second-order valence-corrected chi connectivity index (χ2v) is 5.11. The largest absolute Gasteiger partial charge is 0.384 e. The van der Waals surface area contributed by atoms with Crippen molar-refractivity contribution in [3.63, 3.8) is 0 Å². The summed E-state index contributed by atoms with van der Waals surface area (Å²) in [7, 11) is 2.06. The lowest BCUT2D eigenvalue weighted by Crippen LogP contribution is -2.19. The van der Waals surface area contributed by atoms with E-state index >= 15 is 0 Å². The quantitative estimate of drug-likeness (QED) is 0.632. The number of hydrogen-bond donors (Lipinski definition) is 2. The van der Waals surface area contributed by atoms with Crippen LogP contribution in [-0.4, -0.2) is 22.7 Å². The van der Waals surface area contributed by atoms with Gasteiger partial charge in [-0.1, -0.05) is 6.92 Å². The van der Waals surface area contributed by atoms with Crippen LogP contribution in [0.2, 0.25) is 0 Å². The number of aryl methyl sites for hydroxylation is 2. The highest BCUT2D eigenvalue weighted by Crippen LogP contribution is 2.17. The fraction of sp³-hybridized carbons (Fsp3) is 0.375. The summed E-state index contributed by atoms with van der Waals surface area (Å²) >= 11 is 0. The third kappa shape index (κ3) is 3.42. The smallest absolute Gasteiger partial charge is 0.122 e. The molecule has 0 fully saturated rings. The maximum atomic E-state index is 7.42. The maximum Gasteiger partial charge on any atom is 0.122 e. The summed E-state index contributed by atoms with van der Waals surface area (Å²) in [5.74, 6) is 0.0980. The third-order valence-electron chi connectivity index (χ3n) is 3.59. The highest BCUT2D eigenvalue weighted by molar-refractivity contribution is 5.95. The van der Waals surface area contributed by atoms with Crippen LogP contribution in [-0.2, 0) is 19.5 Å². The first kappa shape index (κ1) is 15.1. The minimum atomic E-state index is 0.0980. The molecule has 0 aliphatic heterocycles. The van der Waals surface area contributed by atoms with Crippen LogP contribution in [0.3, 0.4) is 0 Å². The van der Waals surface area contributed by atoms with Gasteiger partial charge in [-0.15, -0.1) is 0 Å². The number of nitrogen functional groups attached to an aromatic ring is 1. The molecule has 3 N–H and O–H groups in total. The van der Waals surface area contributed by atoms with Gasteiger partial charge in [-0.3, -0.25) is 10.1 Å². The van der Waals surface area contributed by atoms with Crippen molar-refractivity contribution in [1.29, 1.82) is 5.41 Å². The van der Waals surface area contributed by atoms with Gasteiger partial charge in [-0.25, -0.2) is 0 Å². The molecule has 0 saturated carbocycles. The van der Waals surface area contributed by atoms with Crippen molar-refractivity contribution >= 4 is 11.5 Å². The summed E-state index contributed by atoms with van der Waals surface area (Å²) in [4.78, 5) is 2.17. The SMILES string of the molecule is CCc1cc(CN(C)c2ccc(C(=N)N)cc2)n(CC)n1. The van der Waals surface area contributed by atoms with Crippen molar-refractivity contribution in [1.82, 2.24) is 9.78 Å². The van der Waals surface area contributed by atoms with Gasteiger partial charge >= 0.3 is 0 Å². The molecule has 2 rings (SSSR count). The zero-order valence-corrected chi connectivity index (χ0v) is 12.9. The van der Waals surface area contributed by atoms with Crippen molar-refractivity contribution < 1.29 is 0 Å². The summed E-state index contributed by atoms with van der Waals surface area (Å²) in [6.45, 7) is 5.92. The molecule has 0 amide bonds. The Kier molecular flexibility index (Phi) is 4.62. The number of aromatic nitrogens is 2. The second-order valence-electron chi connectivity index (χ2n) is 5.11. The molecule has 0 atom stereocenters. The predicted octanol–water partition coefficient (Wildman–Crippen LogP) is 2.39. The molecule has 5 nitrogen and oxygen atoms in total. The lowest BCUT2D eigenvalue weighted by atomic mass is 10.2. The summed E-state index contributed by atoms with van der Waals surface area (Å²) in [6, 6.07) is 9.91. The monoisotopic (exact) mass is 285 g/mol. The van der Waals surface area contributed by atoms with Gasteiger partial charge in [0.05, 0.1) is 17.9 Å². The molecule has 0 unspecified atom stereocenters. The highest BCUT2D eigenvalue weighted by Gasteiger charge is 2.09. The predicted molar refractivity (Wildman–Crippen MR) is 86.8 cm³/mol. The third-order valence-corrected chi connectivity index (χ3v) is 3.59. The normalized spacial score (nSPS) is 10.6. The van der Waals surface area contributed by atoms with Crippen LogP contribution in [0.4, 0.5) is 5.69 Å². The van der Waals surface area contributed by atoms with Crippen LogP contribution >= 0.6 is 0 Å². The first-order valence-electron chi connectivity index (χ1n) is 7.26. The van der Waals surface area contributed by atoms with Crippen molar-refractivity contribution in [2.24, 2.45) is 5.73 Å². The molecule has 0 aliphatic rings. The molecule has 1 aromatic heterocycles. The minimum absolute atomic E-state index is 0.0980. The maximum absolute atomic E-state index is 7.42. The summed E-state index contributed by atoms with van der Waals surface area (Å²) in [5.41, 5.74) is 9.67. The molecule has 0 spiro atoms. The molecular formula is C16H23N5. The average Bonchev–Trinajstić information content (AvgIpc) is 2.89. The topological polar surface area (TPSA) is 70.9 Å². The van der Waals surface area contributed by atoms with Crippen LogP contribution in [0.25, 0.3) is 0 Å². The second kappa shape index (κ2) is 6.43. The molecule has 112 valence electrons. The Balaban J connectivity index is 2.15. The van der Waals surface area contributed by atoms with Crippen LogP contribution in [0.15, 0.2) is 30.3 Å². The molecule has 1 aromatic carbocycles. The summed E-state index contributed by atoms with van der Waals surface area (Å²) in [6.07, 6.45) is 0.955. The Hall–Kier alpha value is -2.30. The first-order valence-corrected chi connectivity index (χ1v) is 7.26. The molecule has 1 heterocycles. The van der Waals surface area contributed by atoms with E-state index in [1.807, 2.05) is 24.3 Å². The van der Waals surface area contributed by atoms with Crippen LogP contribution in [0.1, 0.15) is 30.8 Å². The number of nitrogens with one attached hydrogen (secondary N) is 1. The lowest BCUT2D eigenvalue weighted by Gasteiger charge is -2.20. The fourth-order valence-electron chi connectivity index (χ4n) is 2.32. The number of amidine groups is 1. The van der Waals surface area contributed by atoms with Crippen LogP contribution < -0.4 is 10.6 Å². The van der Waals surface area contributed by atoms with Gasteiger partial charge in [0.25, 0.3) is 0 Å². The lowest BCUT2D eigenvalue weighted by molar-refractivity contribution is 0.610. The number of nitrogens with zero attached hydrogens (tertiary/aromatic N) is 3. The first-order chi connectivity index (χ1) is 10.0. The molecular weight excluding hydrogens is 262 g/mol. The van der Waals surface area contributed by atoms with Crippen LogP contribution in [0, 0.1) is 5.41 Å².